The van der Waals surface area contributed by atoms with E-state index in [1.165, 1.54) is 46.3 Å². The quantitative estimate of drug-likeness (QED) is 0.673. The summed E-state index contributed by atoms with van der Waals surface area (Å²) < 4.78 is 14.9. The molecule has 1 aromatic heterocycles. The zero-order valence-electron chi connectivity index (χ0n) is 17.0. The number of anilines is 1. The summed E-state index contributed by atoms with van der Waals surface area (Å²) in [6.07, 6.45) is 5.38. The van der Waals surface area contributed by atoms with Crippen molar-refractivity contribution < 1.29 is 14.1 Å². The van der Waals surface area contributed by atoms with E-state index in [9.17, 15) is 9.18 Å². The Morgan fingerprint density at radius 3 is 2.72 bits per heavy atom. The maximum absolute atomic E-state index is 14.2. The van der Waals surface area contributed by atoms with Gasteiger partial charge in [0.1, 0.15) is 11.3 Å². The van der Waals surface area contributed by atoms with Gasteiger partial charge in [0.25, 0.3) is 5.91 Å². The zero-order valence-corrected chi connectivity index (χ0v) is 17.8. The van der Waals surface area contributed by atoms with Crippen LogP contribution in [0.2, 0.25) is 0 Å². The number of aryl methyl sites for hydroxylation is 2. The molecule has 152 valence electrons. The third kappa shape index (κ3) is 4.33. The van der Waals surface area contributed by atoms with Crippen LogP contribution in [0.3, 0.4) is 0 Å². The van der Waals surface area contributed by atoms with Crippen LogP contribution in [0.1, 0.15) is 40.7 Å². The molecule has 1 aliphatic carbocycles. The molecule has 0 fully saturated rings. The number of hydrogen-bond donors (Lipinski definition) is 1. The van der Waals surface area contributed by atoms with Gasteiger partial charge in [0, 0.05) is 18.5 Å². The number of carbonyl (C=O) groups is 1. The highest BCUT2D eigenvalue weighted by Gasteiger charge is 2.23. The molecule has 2 aromatic carbocycles. The Morgan fingerprint density at radius 2 is 1.97 bits per heavy atom. The van der Waals surface area contributed by atoms with Crippen LogP contribution in [-0.4, -0.2) is 38.1 Å². The van der Waals surface area contributed by atoms with Gasteiger partial charge in [0.2, 0.25) is 0 Å². The predicted octanol–water partition coefficient (Wildman–Crippen LogP) is 3.50. The summed E-state index contributed by atoms with van der Waals surface area (Å²) in [5.41, 5.74) is 3.68. The van der Waals surface area contributed by atoms with Crippen molar-refractivity contribution in [1.82, 2.24) is 4.98 Å². The number of nitrogens with one attached hydrogen (secondary N) is 1. The highest BCUT2D eigenvalue weighted by atomic mass is 32.1. The Hall–Kier alpha value is -2.31. The highest BCUT2D eigenvalue weighted by molar-refractivity contribution is 7.22. The van der Waals surface area contributed by atoms with Crippen molar-refractivity contribution in [3.63, 3.8) is 0 Å². The number of benzene rings is 2. The van der Waals surface area contributed by atoms with Crippen LogP contribution in [-0.2, 0) is 12.8 Å². The largest absolute Gasteiger partial charge is 0.340 e. The van der Waals surface area contributed by atoms with Crippen molar-refractivity contribution in [2.45, 2.75) is 32.1 Å². The molecule has 3 aromatic rings. The lowest BCUT2D eigenvalue weighted by molar-refractivity contribution is -0.858. The summed E-state index contributed by atoms with van der Waals surface area (Å²) >= 11 is 1.38. The normalized spacial score (nSPS) is 13.7. The molecule has 29 heavy (non-hydrogen) atoms. The van der Waals surface area contributed by atoms with Gasteiger partial charge < -0.3 is 4.90 Å². The molecular weight excluding hydrogens is 385 g/mol. The van der Waals surface area contributed by atoms with Gasteiger partial charge in [-0.1, -0.05) is 23.5 Å². The van der Waals surface area contributed by atoms with E-state index in [1.54, 1.807) is 11.0 Å². The molecule has 1 N–H and O–H groups in total. The van der Waals surface area contributed by atoms with Crippen LogP contribution < -0.4 is 9.80 Å². The Bertz CT molecular complexity index is 1030. The monoisotopic (exact) mass is 412 g/mol. The minimum Gasteiger partial charge on any atom is -0.340 e. The highest BCUT2D eigenvalue weighted by Crippen LogP contribution is 2.31. The van der Waals surface area contributed by atoms with E-state index in [1.807, 2.05) is 12.1 Å². The minimum atomic E-state index is -0.344. The van der Waals surface area contributed by atoms with Gasteiger partial charge in [0.05, 0.1) is 25.3 Å². The number of hydrogen-bond acceptors (Lipinski definition) is 3. The molecule has 4 nitrogen and oxygen atoms in total. The number of halogens is 1. The van der Waals surface area contributed by atoms with Gasteiger partial charge in [-0.2, -0.15) is 0 Å². The van der Waals surface area contributed by atoms with Crippen LogP contribution in [0.25, 0.3) is 10.2 Å². The van der Waals surface area contributed by atoms with Crippen molar-refractivity contribution in [2.24, 2.45) is 0 Å². The Balaban J connectivity index is 1.67. The van der Waals surface area contributed by atoms with Crippen LogP contribution >= 0.6 is 11.3 Å². The summed E-state index contributed by atoms with van der Waals surface area (Å²) in [5.74, 6) is -0.393. The van der Waals surface area contributed by atoms with Gasteiger partial charge in [0.15, 0.2) is 5.13 Å². The van der Waals surface area contributed by atoms with Crippen LogP contribution in [0.15, 0.2) is 36.4 Å². The first-order valence-electron chi connectivity index (χ1n) is 10.3. The van der Waals surface area contributed by atoms with Crippen molar-refractivity contribution in [1.29, 1.82) is 0 Å². The van der Waals surface area contributed by atoms with E-state index < -0.39 is 0 Å². The fraction of sp³-hybridized carbons (Fsp3) is 0.391. The van der Waals surface area contributed by atoms with Crippen molar-refractivity contribution >= 4 is 32.6 Å². The molecule has 0 saturated heterocycles. The number of quaternary nitrogens is 1. The van der Waals surface area contributed by atoms with Crippen molar-refractivity contribution in [3.8, 4) is 0 Å². The molecule has 1 heterocycles. The van der Waals surface area contributed by atoms with E-state index in [-0.39, 0.29) is 11.7 Å². The van der Waals surface area contributed by atoms with E-state index in [0.717, 1.165) is 30.5 Å². The molecule has 0 atom stereocenters. The topological polar surface area (TPSA) is 37.6 Å². The molecule has 0 unspecified atom stereocenters. The Labute approximate surface area is 175 Å². The number of fused-ring (bicyclic) bond motifs is 2. The number of carbonyl (C=O) groups excluding carboxylic acids is 1. The van der Waals surface area contributed by atoms with E-state index in [4.69, 9.17) is 0 Å². The minimum absolute atomic E-state index is 0.0495. The molecule has 6 heteroatoms. The second-order valence-corrected chi connectivity index (χ2v) is 9.05. The molecule has 0 saturated carbocycles. The molecular formula is C23H27FN3OS+. The first kappa shape index (κ1) is 20.0. The fourth-order valence-corrected chi connectivity index (χ4v) is 4.92. The van der Waals surface area contributed by atoms with Gasteiger partial charge in [-0.05, 0) is 61.1 Å². The lowest BCUT2D eigenvalue weighted by Gasteiger charge is -2.22. The van der Waals surface area contributed by atoms with Crippen LogP contribution in [0.5, 0.6) is 0 Å². The second kappa shape index (κ2) is 8.59. The third-order valence-corrected chi connectivity index (χ3v) is 6.53. The van der Waals surface area contributed by atoms with Crippen molar-refractivity contribution in [3.05, 3.63) is 58.9 Å². The predicted molar refractivity (Wildman–Crippen MR) is 117 cm³/mol. The summed E-state index contributed by atoms with van der Waals surface area (Å²) in [6, 6.07) is 11.0. The smallest absolute Gasteiger partial charge is 0.260 e. The van der Waals surface area contributed by atoms with Crippen LogP contribution in [0.4, 0.5) is 9.52 Å². The lowest BCUT2D eigenvalue weighted by Crippen LogP contribution is -3.05. The SMILES string of the molecule is C[NH+](C)CCCN(C(=O)c1ccc2c(c1)CCCC2)c1nc2c(F)cccc2s1. The summed E-state index contributed by atoms with van der Waals surface area (Å²) in [5, 5.41) is 0.571. The molecule has 0 bridgehead atoms. The molecule has 0 aliphatic heterocycles. The van der Waals surface area contributed by atoms with Gasteiger partial charge in [-0.25, -0.2) is 9.37 Å². The summed E-state index contributed by atoms with van der Waals surface area (Å²) in [6.45, 7) is 1.52. The summed E-state index contributed by atoms with van der Waals surface area (Å²) in [7, 11) is 4.20. The first-order chi connectivity index (χ1) is 14.0. The van der Waals surface area contributed by atoms with Gasteiger partial charge in [-0.3, -0.25) is 9.69 Å². The van der Waals surface area contributed by atoms with E-state index in [0.29, 0.717) is 22.8 Å². The number of amides is 1. The molecule has 1 aliphatic rings. The second-order valence-electron chi connectivity index (χ2n) is 8.04. The van der Waals surface area contributed by atoms with Crippen LogP contribution in [0, 0.1) is 5.82 Å². The van der Waals surface area contributed by atoms with E-state index in [2.05, 4.69) is 31.2 Å². The third-order valence-electron chi connectivity index (χ3n) is 5.49. The summed E-state index contributed by atoms with van der Waals surface area (Å²) in [4.78, 5) is 21.0. The zero-order chi connectivity index (χ0) is 20.4. The fourth-order valence-electron chi connectivity index (χ4n) is 3.92. The molecule has 0 radical (unpaired) electrons. The van der Waals surface area contributed by atoms with Gasteiger partial charge >= 0.3 is 0 Å². The standard InChI is InChI=1S/C23H26FN3OS/c1-26(2)13-6-14-27(23-25-21-19(24)9-5-10-20(21)29-23)22(28)18-12-11-16-7-3-4-8-17(16)15-18/h5,9-12,15H,3-4,6-8,13-14H2,1-2H3/p+1. The maximum atomic E-state index is 14.2. The maximum Gasteiger partial charge on any atom is 0.260 e. The number of aromatic nitrogens is 1. The first-order valence-corrected chi connectivity index (χ1v) is 11.1. The number of nitrogens with zero attached hydrogens (tertiary/aromatic N) is 2. The number of thiazole rings is 1. The van der Waals surface area contributed by atoms with Crippen molar-refractivity contribution in [2.75, 3.05) is 32.1 Å². The van der Waals surface area contributed by atoms with E-state index >= 15 is 0 Å². The van der Waals surface area contributed by atoms with Gasteiger partial charge in [-0.15, -0.1) is 0 Å². The Kier molecular flexibility index (Phi) is 5.92. The number of rotatable bonds is 6. The molecule has 1 amide bonds. The number of para-hydroxylation sites is 1. The Morgan fingerprint density at radius 1 is 1.17 bits per heavy atom. The average molecular weight is 413 g/mol. The lowest BCUT2D eigenvalue weighted by atomic mass is 9.90. The average Bonchev–Trinajstić information content (AvgIpc) is 3.15. The molecule has 0 spiro atoms. The molecule has 4 rings (SSSR count).